The smallest absolute Gasteiger partial charge is 0.307 e. The van der Waals surface area contributed by atoms with Crippen LogP contribution < -0.4 is 4.74 Å². The number of likely N-dealkylation sites (tertiary alicyclic amines) is 1. The Hall–Kier alpha value is -2.68. The number of rotatable bonds is 8. The summed E-state index contributed by atoms with van der Waals surface area (Å²) in [5.41, 5.74) is 0.794. The predicted octanol–water partition coefficient (Wildman–Crippen LogP) is 4.75. The maximum atomic E-state index is 13.9. The zero-order chi connectivity index (χ0) is 22.4. The van der Waals surface area contributed by atoms with E-state index in [0.29, 0.717) is 13.1 Å². The fourth-order valence-electron chi connectivity index (χ4n) is 3.46. The number of hydrogen-bond acceptors (Lipinski definition) is 4. The predicted molar refractivity (Wildman–Crippen MR) is 102 cm³/mol. The first-order valence-electron chi connectivity index (χ1n) is 9.96. The van der Waals surface area contributed by atoms with E-state index in [9.17, 15) is 26.7 Å². The Morgan fingerprint density at radius 3 is 2.06 bits per heavy atom. The SMILES string of the molecule is O=C(CC(COc1c(F)c(F)c(F)c(F)c1F)N1CCCCC1)OCc1ccccc1. The summed E-state index contributed by atoms with van der Waals surface area (Å²) in [5.74, 6) is -12.4. The molecule has 0 saturated carbocycles. The van der Waals surface area contributed by atoms with Crippen molar-refractivity contribution in [1.82, 2.24) is 4.90 Å². The van der Waals surface area contributed by atoms with Crippen LogP contribution in [-0.2, 0) is 16.1 Å². The zero-order valence-electron chi connectivity index (χ0n) is 16.7. The van der Waals surface area contributed by atoms with Gasteiger partial charge in [0.15, 0.2) is 5.75 Å². The molecule has 2 aromatic rings. The molecule has 31 heavy (non-hydrogen) atoms. The monoisotopic (exact) mass is 443 g/mol. The molecule has 1 heterocycles. The summed E-state index contributed by atoms with van der Waals surface area (Å²) < 4.78 is 78.2. The maximum Gasteiger partial charge on any atom is 0.307 e. The van der Waals surface area contributed by atoms with Crippen molar-refractivity contribution in [1.29, 1.82) is 0 Å². The van der Waals surface area contributed by atoms with Gasteiger partial charge in [0.05, 0.1) is 12.5 Å². The molecule has 1 saturated heterocycles. The standard InChI is InChI=1S/C22H22F5NO3/c23-17-18(24)20(26)22(21(27)19(17)25)31-13-15(28-9-5-2-6-10-28)11-16(29)30-12-14-7-3-1-4-8-14/h1,3-4,7-8,15H,2,5-6,9-13H2. The van der Waals surface area contributed by atoms with Crippen LogP contribution in [0.15, 0.2) is 30.3 Å². The van der Waals surface area contributed by atoms with Gasteiger partial charge in [0.1, 0.15) is 13.2 Å². The molecule has 1 fully saturated rings. The molecule has 168 valence electrons. The number of hydrogen-bond donors (Lipinski definition) is 0. The highest BCUT2D eigenvalue weighted by molar-refractivity contribution is 5.70. The van der Waals surface area contributed by atoms with E-state index in [1.54, 1.807) is 24.3 Å². The van der Waals surface area contributed by atoms with E-state index in [0.717, 1.165) is 24.8 Å². The molecule has 0 aromatic heterocycles. The summed E-state index contributed by atoms with van der Waals surface area (Å²) in [5, 5.41) is 0. The lowest BCUT2D eigenvalue weighted by Gasteiger charge is -2.34. The highest BCUT2D eigenvalue weighted by Gasteiger charge is 2.30. The van der Waals surface area contributed by atoms with Gasteiger partial charge < -0.3 is 9.47 Å². The van der Waals surface area contributed by atoms with E-state index >= 15 is 0 Å². The molecule has 1 aliphatic heterocycles. The van der Waals surface area contributed by atoms with Crippen molar-refractivity contribution >= 4 is 5.97 Å². The van der Waals surface area contributed by atoms with Crippen LogP contribution in [0.4, 0.5) is 22.0 Å². The summed E-state index contributed by atoms with van der Waals surface area (Å²) in [7, 11) is 0. The topological polar surface area (TPSA) is 38.8 Å². The molecule has 0 aliphatic carbocycles. The second-order valence-electron chi connectivity index (χ2n) is 7.31. The zero-order valence-corrected chi connectivity index (χ0v) is 16.7. The fraction of sp³-hybridized carbons (Fsp3) is 0.409. The van der Waals surface area contributed by atoms with E-state index in [1.807, 2.05) is 11.0 Å². The third kappa shape index (κ3) is 5.72. The Morgan fingerprint density at radius 2 is 1.45 bits per heavy atom. The van der Waals surface area contributed by atoms with Crippen molar-refractivity contribution in [2.24, 2.45) is 0 Å². The second kappa shape index (κ2) is 10.6. The number of carbonyl (C=O) groups is 1. The van der Waals surface area contributed by atoms with Crippen LogP contribution in [-0.4, -0.2) is 36.6 Å². The minimum atomic E-state index is -2.25. The Bertz CT molecular complexity index is 875. The molecule has 1 unspecified atom stereocenters. The summed E-state index contributed by atoms with van der Waals surface area (Å²) >= 11 is 0. The van der Waals surface area contributed by atoms with E-state index in [4.69, 9.17) is 9.47 Å². The summed E-state index contributed by atoms with van der Waals surface area (Å²) in [6.45, 7) is 0.873. The first kappa shape index (κ1) is 23.0. The third-order valence-corrected chi connectivity index (χ3v) is 5.14. The second-order valence-corrected chi connectivity index (χ2v) is 7.31. The van der Waals surface area contributed by atoms with Gasteiger partial charge >= 0.3 is 5.97 Å². The summed E-state index contributed by atoms with van der Waals surface area (Å²) in [6, 6.07) is 8.38. The largest absolute Gasteiger partial charge is 0.486 e. The number of nitrogens with zero attached hydrogens (tertiary/aromatic N) is 1. The van der Waals surface area contributed by atoms with Crippen molar-refractivity contribution < 1.29 is 36.2 Å². The molecule has 0 amide bonds. The van der Waals surface area contributed by atoms with Crippen molar-refractivity contribution in [2.75, 3.05) is 19.7 Å². The summed E-state index contributed by atoms with van der Waals surface area (Å²) in [6.07, 6.45) is 2.57. The van der Waals surface area contributed by atoms with Gasteiger partial charge in [-0.05, 0) is 31.5 Å². The van der Waals surface area contributed by atoms with Crippen molar-refractivity contribution in [3.63, 3.8) is 0 Å². The highest BCUT2D eigenvalue weighted by Crippen LogP contribution is 2.29. The highest BCUT2D eigenvalue weighted by atomic mass is 19.2. The maximum absolute atomic E-state index is 13.9. The van der Waals surface area contributed by atoms with Crippen molar-refractivity contribution in [3.8, 4) is 5.75 Å². The van der Waals surface area contributed by atoms with Crippen molar-refractivity contribution in [3.05, 3.63) is 65.0 Å². The molecule has 3 rings (SSSR count). The molecule has 0 N–H and O–H groups in total. The molecule has 1 aliphatic rings. The number of ether oxygens (including phenoxy) is 2. The molecule has 9 heteroatoms. The van der Waals surface area contributed by atoms with Gasteiger partial charge in [-0.3, -0.25) is 9.69 Å². The van der Waals surface area contributed by atoms with Gasteiger partial charge in [-0.25, -0.2) is 13.2 Å². The molecular formula is C22H22F5NO3. The van der Waals surface area contributed by atoms with Crippen LogP contribution >= 0.6 is 0 Å². The third-order valence-electron chi connectivity index (χ3n) is 5.14. The lowest BCUT2D eigenvalue weighted by atomic mass is 10.1. The molecule has 4 nitrogen and oxygen atoms in total. The van der Waals surface area contributed by atoms with Gasteiger partial charge in [-0.2, -0.15) is 8.78 Å². The van der Waals surface area contributed by atoms with Crippen LogP contribution in [0.3, 0.4) is 0 Å². The minimum Gasteiger partial charge on any atom is -0.486 e. The van der Waals surface area contributed by atoms with E-state index in [2.05, 4.69) is 0 Å². The summed E-state index contributed by atoms with van der Waals surface area (Å²) in [4.78, 5) is 14.2. The number of piperidine rings is 1. The molecule has 0 spiro atoms. The normalized spacial score (nSPS) is 15.5. The van der Waals surface area contributed by atoms with Crippen molar-refractivity contribution in [2.45, 2.75) is 38.3 Å². The van der Waals surface area contributed by atoms with Crippen LogP contribution in [0.1, 0.15) is 31.2 Å². The lowest BCUT2D eigenvalue weighted by Crippen LogP contribution is -2.44. The Labute approximate surface area is 176 Å². The molecule has 0 radical (unpaired) electrons. The van der Waals surface area contributed by atoms with Crippen LogP contribution in [0.2, 0.25) is 0 Å². The molecule has 1 atom stereocenters. The van der Waals surface area contributed by atoms with E-state index in [1.165, 1.54) is 0 Å². The van der Waals surface area contributed by atoms with Crippen LogP contribution in [0.25, 0.3) is 0 Å². The minimum absolute atomic E-state index is 0.0604. The fourth-order valence-corrected chi connectivity index (χ4v) is 3.46. The molecule has 2 aromatic carbocycles. The van der Waals surface area contributed by atoms with Gasteiger partial charge in [0.2, 0.25) is 29.1 Å². The molecular weight excluding hydrogens is 421 g/mol. The van der Waals surface area contributed by atoms with Gasteiger partial charge in [0.25, 0.3) is 0 Å². The van der Waals surface area contributed by atoms with Crippen LogP contribution in [0, 0.1) is 29.1 Å². The number of esters is 1. The van der Waals surface area contributed by atoms with Crippen LogP contribution in [0.5, 0.6) is 5.75 Å². The average molecular weight is 443 g/mol. The van der Waals surface area contributed by atoms with E-state index in [-0.39, 0.29) is 13.0 Å². The lowest BCUT2D eigenvalue weighted by molar-refractivity contribution is -0.146. The average Bonchev–Trinajstić information content (AvgIpc) is 2.80. The van der Waals surface area contributed by atoms with E-state index < -0.39 is 53.5 Å². The first-order chi connectivity index (χ1) is 14.9. The Morgan fingerprint density at radius 1 is 0.871 bits per heavy atom. The number of halogens is 5. The number of carbonyl (C=O) groups excluding carboxylic acids is 1. The first-order valence-corrected chi connectivity index (χ1v) is 9.96. The quantitative estimate of drug-likeness (QED) is 0.256. The molecule has 0 bridgehead atoms. The van der Waals surface area contributed by atoms with Gasteiger partial charge in [-0.1, -0.05) is 36.8 Å². The number of benzene rings is 2. The van der Waals surface area contributed by atoms with Gasteiger partial charge in [0, 0.05) is 0 Å². The Kier molecular flexibility index (Phi) is 7.84. The van der Waals surface area contributed by atoms with Gasteiger partial charge in [-0.15, -0.1) is 0 Å². The Balaban J connectivity index is 1.69.